The summed E-state index contributed by atoms with van der Waals surface area (Å²) in [6.45, 7) is 2.65. The predicted octanol–water partition coefficient (Wildman–Crippen LogP) is 5.31. The molecule has 6 heteroatoms. The highest BCUT2D eigenvalue weighted by atomic mass is 35.5. The van der Waals surface area contributed by atoms with Crippen LogP contribution in [0, 0.1) is 0 Å². The molecule has 2 amide bonds. The van der Waals surface area contributed by atoms with Crippen LogP contribution in [-0.2, 0) is 29.0 Å². The minimum Gasteiger partial charge on any atom is -0.355 e. The molecule has 166 valence electrons. The van der Waals surface area contributed by atoms with Crippen LogP contribution < -0.4 is 5.32 Å². The van der Waals surface area contributed by atoms with E-state index in [4.69, 9.17) is 23.2 Å². The lowest BCUT2D eigenvalue weighted by Gasteiger charge is -2.31. The molecule has 0 aromatic heterocycles. The Hall–Kier alpha value is -2.82. The highest BCUT2D eigenvalue weighted by Crippen LogP contribution is 2.26. The quantitative estimate of drug-likeness (QED) is 0.462. The molecule has 1 atom stereocenters. The number of hydrogen-bond acceptors (Lipinski definition) is 2. The van der Waals surface area contributed by atoms with E-state index in [-0.39, 0.29) is 18.2 Å². The van der Waals surface area contributed by atoms with Gasteiger partial charge in [0.2, 0.25) is 11.8 Å². The van der Waals surface area contributed by atoms with Crippen LogP contribution in [0.15, 0.2) is 78.9 Å². The first-order valence-electron chi connectivity index (χ1n) is 10.6. The second-order valence-corrected chi connectivity index (χ2v) is 8.30. The molecule has 0 bridgehead atoms. The van der Waals surface area contributed by atoms with Gasteiger partial charge in [-0.15, -0.1) is 0 Å². The van der Waals surface area contributed by atoms with Crippen LogP contribution in [0.4, 0.5) is 0 Å². The van der Waals surface area contributed by atoms with Crippen molar-refractivity contribution < 1.29 is 9.59 Å². The Morgan fingerprint density at radius 2 is 1.41 bits per heavy atom. The highest BCUT2D eigenvalue weighted by Gasteiger charge is 2.30. The molecule has 32 heavy (non-hydrogen) atoms. The number of likely N-dealkylation sites (N-methyl/N-ethyl adjacent to an activating group) is 1. The molecular formula is C26H26Cl2N2O2. The average molecular weight is 469 g/mol. The lowest BCUT2D eigenvalue weighted by molar-refractivity contribution is -0.140. The molecule has 0 saturated carbocycles. The van der Waals surface area contributed by atoms with E-state index in [1.807, 2.05) is 67.6 Å². The number of carbonyl (C=O) groups is 2. The zero-order valence-corrected chi connectivity index (χ0v) is 19.4. The third kappa shape index (κ3) is 6.35. The Balaban J connectivity index is 1.97. The minimum atomic E-state index is -0.675. The first-order valence-corrected chi connectivity index (χ1v) is 11.3. The molecule has 0 aliphatic heterocycles. The van der Waals surface area contributed by atoms with Crippen LogP contribution in [0.25, 0.3) is 0 Å². The Morgan fingerprint density at radius 3 is 1.97 bits per heavy atom. The van der Waals surface area contributed by atoms with E-state index >= 15 is 0 Å². The van der Waals surface area contributed by atoms with Crippen molar-refractivity contribution in [1.82, 2.24) is 10.2 Å². The molecule has 0 spiro atoms. The summed E-state index contributed by atoms with van der Waals surface area (Å²) in [5, 5.41) is 3.76. The van der Waals surface area contributed by atoms with E-state index in [2.05, 4.69) is 5.32 Å². The SMILES string of the molecule is CCNC(=O)C(Cc1ccccc1)N(Cc1ccccc1)C(=O)Cc1c(Cl)cccc1Cl. The number of hydrogen-bond donors (Lipinski definition) is 1. The fraction of sp³-hybridized carbons (Fsp3) is 0.231. The predicted molar refractivity (Wildman–Crippen MR) is 130 cm³/mol. The summed E-state index contributed by atoms with van der Waals surface area (Å²) in [7, 11) is 0. The van der Waals surface area contributed by atoms with Gasteiger partial charge in [-0.2, -0.15) is 0 Å². The van der Waals surface area contributed by atoms with Gasteiger partial charge in [0.15, 0.2) is 0 Å². The average Bonchev–Trinajstić information content (AvgIpc) is 2.80. The van der Waals surface area contributed by atoms with Gasteiger partial charge in [0.25, 0.3) is 0 Å². The largest absolute Gasteiger partial charge is 0.355 e. The Bertz CT molecular complexity index is 1020. The van der Waals surface area contributed by atoms with E-state index in [1.165, 1.54) is 0 Å². The fourth-order valence-corrected chi connectivity index (χ4v) is 4.11. The molecule has 3 aromatic rings. The van der Waals surface area contributed by atoms with Gasteiger partial charge < -0.3 is 10.2 Å². The Labute approximate surface area is 199 Å². The molecule has 0 heterocycles. The first-order chi connectivity index (χ1) is 15.5. The molecule has 1 N–H and O–H groups in total. The summed E-state index contributed by atoms with van der Waals surface area (Å²) in [5.41, 5.74) is 2.48. The lowest BCUT2D eigenvalue weighted by Crippen LogP contribution is -2.51. The van der Waals surface area contributed by atoms with E-state index in [0.717, 1.165) is 11.1 Å². The van der Waals surface area contributed by atoms with Gasteiger partial charge in [-0.05, 0) is 35.7 Å². The third-order valence-corrected chi connectivity index (χ3v) is 5.92. The van der Waals surface area contributed by atoms with Gasteiger partial charge in [0, 0.05) is 29.6 Å². The van der Waals surface area contributed by atoms with E-state index in [1.54, 1.807) is 23.1 Å². The second-order valence-electron chi connectivity index (χ2n) is 7.48. The number of amides is 2. The van der Waals surface area contributed by atoms with Crippen molar-refractivity contribution in [3.05, 3.63) is 106 Å². The van der Waals surface area contributed by atoms with Crippen molar-refractivity contribution in [1.29, 1.82) is 0 Å². The topological polar surface area (TPSA) is 49.4 Å². The number of halogens is 2. The van der Waals surface area contributed by atoms with E-state index < -0.39 is 6.04 Å². The maximum absolute atomic E-state index is 13.6. The summed E-state index contributed by atoms with van der Waals surface area (Å²) < 4.78 is 0. The third-order valence-electron chi connectivity index (χ3n) is 5.21. The summed E-state index contributed by atoms with van der Waals surface area (Å²) in [6.07, 6.45) is 0.414. The molecule has 4 nitrogen and oxygen atoms in total. The van der Waals surface area contributed by atoms with Gasteiger partial charge in [0.1, 0.15) is 6.04 Å². The zero-order chi connectivity index (χ0) is 22.9. The van der Waals surface area contributed by atoms with Crippen molar-refractivity contribution in [2.75, 3.05) is 6.54 Å². The summed E-state index contributed by atoms with van der Waals surface area (Å²) in [5.74, 6) is -0.401. The van der Waals surface area contributed by atoms with Crippen molar-refractivity contribution >= 4 is 35.0 Å². The van der Waals surface area contributed by atoms with Gasteiger partial charge >= 0.3 is 0 Å². The molecule has 1 unspecified atom stereocenters. The number of rotatable bonds is 9. The Morgan fingerprint density at radius 1 is 0.844 bits per heavy atom. The summed E-state index contributed by atoms with van der Waals surface area (Å²) in [6, 6.07) is 23.8. The monoisotopic (exact) mass is 468 g/mol. The van der Waals surface area contributed by atoms with Crippen molar-refractivity contribution in [2.45, 2.75) is 32.4 Å². The minimum absolute atomic E-state index is 0.00996. The molecule has 0 fully saturated rings. The van der Waals surface area contributed by atoms with E-state index in [9.17, 15) is 9.59 Å². The molecular weight excluding hydrogens is 443 g/mol. The Kier molecular flexibility index (Phi) is 8.72. The molecule has 0 aliphatic rings. The number of nitrogens with zero attached hydrogens (tertiary/aromatic N) is 1. The van der Waals surface area contributed by atoms with Crippen molar-refractivity contribution in [2.24, 2.45) is 0 Å². The van der Waals surface area contributed by atoms with E-state index in [0.29, 0.717) is 35.1 Å². The lowest BCUT2D eigenvalue weighted by atomic mass is 10.0. The van der Waals surface area contributed by atoms with Crippen LogP contribution in [0.5, 0.6) is 0 Å². The van der Waals surface area contributed by atoms with Gasteiger partial charge in [-0.25, -0.2) is 0 Å². The molecule has 0 saturated heterocycles. The van der Waals surface area contributed by atoms with Crippen molar-refractivity contribution in [3.8, 4) is 0 Å². The van der Waals surface area contributed by atoms with Crippen LogP contribution in [0.2, 0.25) is 10.0 Å². The maximum atomic E-state index is 13.6. The summed E-state index contributed by atoms with van der Waals surface area (Å²) in [4.78, 5) is 28.3. The van der Waals surface area contributed by atoms with Gasteiger partial charge in [0.05, 0.1) is 6.42 Å². The molecule has 0 radical (unpaired) electrons. The molecule has 3 rings (SSSR count). The number of carbonyl (C=O) groups excluding carboxylic acids is 2. The zero-order valence-electron chi connectivity index (χ0n) is 17.9. The van der Waals surface area contributed by atoms with Crippen LogP contribution in [-0.4, -0.2) is 29.3 Å². The summed E-state index contributed by atoms with van der Waals surface area (Å²) >= 11 is 12.7. The molecule has 0 aliphatic carbocycles. The van der Waals surface area contributed by atoms with Crippen LogP contribution in [0.3, 0.4) is 0 Å². The first kappa shape index (κ1) is 23.8. The smallest absolute Gasteiger partial charge is 0.243 e. The van der Waals surface area contributed by atoms with Gasteiger partial charge in [-0.1, -0.05) is 89.9 Å². The normalized spacial score (nSPS) is 11.6. The van der Waals surface area contributed by atoms with Crippen LogP contribution in [0.1, 0.15) is 23.6 Å². The van der Waals surface area contributed by atoms with Crippen LogP contribution >= 0.6 is 23.2 Å². The van der Waals surface area contributed by atoms with Crippen molar-refractivity contribution in [3.63, 3.8) is 0 Å². The number of nitrogens with one attached hydrogen (secondary N) is 1. The highest BCUT2D eigenvalue weighted by molar-refractivity contribution is 6.36. The molecule has 3 aromatic carbocycles. The number of benzene rings is 3. The van der Waals surface area contributed by atoms with Gasteiger partial charge in [-0.3, -0.25) is 9.59 Å². The standard InChI is InChI=1S/C26H26Cl2N2O2/c1-2-29-26(32)24(16-19-10-5-3-6-11-19)30(18-20-12-7-4-8-13-20)25(31)17-21-22(27)14-9-15-23(21)28/h3-15,24H,2,16-18H2,1H3,(H,29,32). The maximum Gasteiger partial charge on any atom is 0.243 e. The second kappa shape index (κ2) is 11.7. The fourth-order valence-electron chi connectivity index (χ4n) is 3.58.